The lowest BCUT2D eigenvalue weighted by atomic mass is 10.2. The van der Waals surface area contributed by atoms with Gasteiger partial charge in [-0.05, 0) is 12.8 Å². The van der Waals surface area contributed by atoms with Gasteiger partial charge in [-0.15, -0.1) is 0 Å². The summed E-state index contributed by atoms with van der Waals surface area (Å²) >= 11 is 0. The molecule has 0 heterocycles. The van der Waals surface area contributed by atoms with Crippen LogP contribution in [0.4, 0.5) is 0 Å². The van der Waals surface area contributed by atoms with E-state index < -0.39 is 12.0 Å². The monoisotopic (exact) mass is 176 g/mol. The van der Waals surface area contributed by atoms with E-state index in [1.165, 1.54) is 0 Å². The van der Waals surface area contributed by atoms with Crippen molar-refractivity contribution in [1.29, 1.82) is 0 Å². The van der Waals surface area contributed by atoms with Crippen LogP contribution in [0.15, 0.2) is 4.99 Å². The fourth-order valence-corrected chi connectivity index (χ4v) is 0.643. The van der Waals surface area contributed by atoms with Gasteiger partial charge in [0.2, 0.25) is 0 Å². The summed E-state index contributed by atoms with van der Waals surface area (Å²) in [6, 6.07) is -0.820. The minimum atomic E-state index is -1.00. The van der Waals surface area contributed by atoms with Gasteiger partial charge in [0, 0.05) is 6.54 Å². The zero-order valence-corrected chi connectivity index (χ0v) is 6.73. The van der Waals surface area contributed by atoms with E-state index in [1.54, 1.807) is 0 Å². The molecule has 0 aliphatic heterocycles. The fourth-order valence-electron chi connectivity index (χ4n) is 0.643. The minimum Gasteiger partial charge on any atom is -0.480 e. The highest BCUT2D eigenvalue weighted by Gasteiger charge is 2.09. The third-order valence-electron chi connectivity index (χ3n) is 1.28. The molecule has 0 aromatic rings. The molecule has 0 rings (SSSR count). The number of rotatable bonds is 5. The average molecular weight is 176 g/mol. The average Bonchev–Trinajstić information content (AvgIpc) is 1.97. The zero-order chi connectivity index (χ0) is 9.56. The molecule has 7 N–H and O–H groups in total. The first-order valence-electron chi connectivity index (χ1n) is 3.58. The summed E-state index contributed by atoms with van der Waals surface area (Å²) in [5.41, 5.74) is 15.3. The van der Waals surface area contributed by atoms with E-state index in [0.717, 1.165) is 0 Å². The first-order chi connectivity index (χ1) is 5.54. The molecule has 0 spiro atoms. The number of aliphatic carboxylic acids is 1. The second-order valence-electron chi connectivity index (χ2n) is 2.39. The lowest BCUT2D eigenvalue weighted by Gasteiger charge is -2.03. The number of hydrogen-bond acceptors (Lipinski definition) is 3. The molecule has 0 aliphatic rings. The molecule has 0 aromatic carbocycles. The Morgan fingerprint density at radius 3 is 2.50 bits per heavy atom. The largest absolute Gasteiger partial charge is 0.480 e. The molecule has 6 nitrogen and oxygen atoms in total. The first kappa shape index (κ1) is 10.7. The van der Waals surface area contributed by atoms with E-state index in [-0.39, 0.29) is 5.96 Å². The van der Waals surface area contributed by atoms with Crippen molar-refractivity contribution in [3.8, 4) is 0 Å². The Morgan fingerprint density at radius 1 is 1.50 bits per heavy atom. The second-order valence-corrected chi connectivity index (χ2v) is 2.39. The Morgan fingerprint density at radius 2 is 2.08 bits per heavy atom. The smallest absolute Gasteiger partial charge is 0.320 e. The van der Waals surface area contributed by atoms with E-state index >= 15 is 0 Å². The number of guanidine groups is 1. The number of carbonyl (C=O) groups is 1. The summed E-state index contributed by atoms with van der Waals surface area (Å²) in [6.07, 6.45) is 0.956. The molecule has 0 aliphatic carbocycles. The molecule has 0 amide bonds. The van der Waals surface area contributed by atoms with Crippen LogP contribution in [-0.2, 0) is 4.79 Å². The maximum Gasteiger partial charge on any atom is 0.320 e. The highest BCUT2D eigenvalue weighted by atomic mass is 16.4. The van der Waals surface area contributed by atoms with Crippen molar-refractivity contribution < 1.29 is 9.90 Å². The predicted octanol–water partition coefficient (Wildman–Crippen LogP) is -1.55. The van der Waals surface area contributed by atoms with Crippen LogP contribution >= 0.6 is 0 Å². The van der Waals surface area contributed by atoms with Gasteiger partial charge in [0.25, 0.3) is 0 Å². The molecule has 0 fully saturated rings. The van der Waals surface area contributed by atoms with Crippen molar-refractivity contribution in [2.75, 3.05) is 6.54 Å². The van der Waals surface area contributed by atoms with Gasteiger partial charge in [0.15, 0.2) is 5.96 Å². The van der Waals surface area contributed by atoms with Crippen LogP contribution in [0.2, 0.25) is 0 Å². The highest BCUT2D eigenvalue weighted by molar-refractivity contribution is 5.75. The normalized spacial score (nSPS) is 12.1. The van der Waals surface area contributed by atoms with Crippen molar-refractivity contribution in [3.05, 3.63) is 0 Å². The van der Waals surface area contributed by atoms with Gasteiger partial charge in [-0.25, -0.2) is 0 Å². The van der Waals surface area contributed by atoms with Crippen LogP contribution in [0.5, 0.6) is 0 Å². The second kappa shape index (κ2) is 5.36. The topological polar surface area (TPSA) is 128 Å². The van der Waals surface area contributed by atoms with Crippen molar-refractivity contribution in [1.82, 2.24) is 0 Å². The van der Waals surface area contributed by atoms with Crippen LogP contribution in [0.3, 0.4) is 0 Å². The highest BCUT2D eigenvalue weighted by Crippen LogP contribution is 1.94. The summed E-state index contributed by atoms with van der Waals surface area (Å²) in [4.78, 5) is 13.9. The standard InChI is InChI=1S/C6H14N4O2/c7-4(5(11)12)2-1-3-10-6(8)9/h4H,1-3,7H2,(H,11,12)(H4,8,9,10)/t4-/m0/s1/i8+1,9+1. The summed E-state index contributed by atoms with van der Waals surface area (Å²) < 4.78 is 0. The van der Waals surface area contributed by atoms with Gasteiger partial charge in [-0.1, -0.05) is 0 Å². The lowest BCUT2D eigenvalue weighted by Crippen LogP contribution is -2.30. The summed E-state index contributed by atoms with van der Waals surface area (Å²) in [5.74, 6) is -0.987. The summed E-state index contributed by atoms with van der Waals surface area (Å²) in [6.45, 7) is 0.420. The molecule has 0 saturated heterocycles. The maximum atomic E-state index is 10.2. The van der Waals surface area contributed by atoms with Crippen molar-refractivity contribution >= 4 is 11.9 Å². The Kier molecular flexibility index (Phi) is 4.78. The quantitative estimate of drug-likeness (QED) is 0.174. The molecular formula is C6H14N4O2. The van der Waals surface area contributed by atoms with Gasteiger partial charge in [-0.3, -0.25) is 9.79 Å². The van der Waals surface area contributed by atoms with E-state index in [0.29, 0.717) is 19.4 Å². The zero-order valence-electron chi connectivity index (χ0n) is 6.73. The number of carboxylic acid groups (broad SMARTS) is 1. The number of aliphatic imine (C=N–C) groups is 1. The third kappa shape index (κ3) is 5.48. The van der Waals surface area contributed by atoms with Crippen molar-refractivity contribution in [3.63, 3.8) is 0 Å². The Labute approximate surface area is 70.4 Å². The van der Waals surface area contributed by atoms with Crippen LogP contribution in [0, 0.1) is 0 Å². The SMILES string of the molecule is N[C@@H](CCCN=C([15NH2])[15NH2])C(=O)O. The number of carboxylic acids is 1. The number of hydrogen-bond donors (Lipinski definition) is 4. The first-order valence-corrected chi connectivity index (χ1v) is 3.58. The Balaban J connectivity index is 3.44. The van der Waals surface area contributed by atoms with E-state index in [1.807, 2.05) is 0 Å². The van der Waals surface area contributed by atoms with Crippen molar-refractivity contribution in [2.24, 2.45) is 22.2 Å². The van der Waals surface area contributed by atoms with E-state index in [9.17, 15) is 4.79 Å². The number of nitrogens with two attached hydrogens (primary N) is 3. The van der Waals surface area contributed by atoms with Gasteiger partial charge < -0.3 is 22.3 Å². The predicted molar refractivity (Wildman–Crippen MR) is 45.5 cm³/mol. The molecule has 1 atom stereocenters. The minimum absolute atomic E-state index is 0.0129. The van der Waals surface area contributed by atoms with Crippen LogP contribution in [0.25, 0.3) is 0 Å². The van der Waals surface area contributed by atoms with Crippen LogP contribution in [-0.4, -0.2) is 29.6 Å². The van der Waals surface area contributed by atoms with Gasteiger partial charge >= 0.3 is 5.97 Å². The van der Waals surface area contributed by atoms with Crippen molar-refractivity contribution in [2.45, 2.75) is 18.9 Å². The molecular weight excluding hydrogens is 162 g/mol. The summed E-state index contributed by atoms with van der Waals surface area (Å²) in [7, 11) is 0. The van der Waals surface area contributed by atoms with E-state index in [4.69, 9.17) is 22.3 Å². The Hall–Kier alpha value is -1.30. The molecule has 12 heavy (non-hydrogen) atoms. The third-order valence-corrected chi connectivity index (χ3v) is 1.28. The van der Waals surface area contributed by atoms with E-state index in [2.05, 4.69) is 4.99 Å². The summed E-state index contributed by atoms with van der Waals surface area (Å²) in [5, 5.41) is 8.38. The van der Waals surface area contributed by atoms with Gasteiger partial charge in [0.1, 0.15) is 6.04 Å². The molecule has 0 aromatic heterocycles. The molecule has 0 bridgehead atoms. The Bertz CT molecular complexity index is 176. The maximum absolute atomic E-state index is 10.2. The van der Waals surface area contributed by atoms with Gasteiger partial charge in [0.05, 0.1) is 0 Å². The number of nitrogens with zero attached hydrogens (tertiary/aromatic N) is 1. The van der Waals surface area contributed by atoms with Crippen LogP contribution in [0.1, 0.15) is 12.8 Å². The van der Waals surface area contributed by atoms with Gasteiger partial charge in [-0.2, -0.15) is 0 Å². The van der Waals surface area contributed by atoms with Crippen LogP contribution < -0.4 is 17.2 Å². The fraction of sp³-hybridized carbons (Fsp3) is 0.667. The molecule has 0 saturated carbocycles. The molecule has 0 radical (unpaired) electrons. The molecule has 6 heteroatoms. The lowest BCUT2D eigenvalue weighted by molar-refractivity contribution is -0.138. The molecule has 0 unspecified atom stereocenters. The molecule has 70 valence electrons.